The summed E-state index contributed by atoms with van der Waals surface area (Å²) in [7, 11) is 1.91. The third-order valence-electron chi connectivity index (χ3n) is 4.31. The Balaban J connectivity index is 1.62. The van der Waals surface area contributed by atoms with Crippen LogP contribution in [0.3, 0.4) is 0 Å². The molecule has 3 heterocycles. The van der Waals surface area contributed by atoms with Crippen molar-refractivity contribution >= 4 is 23.1 Å². The molecule has 1 fully saturated rings. The summed E-state index contributed by atoms with van der Waals surface area (Å²) in [6.07, 6.45) is 4.33. The lowest BCUT2D eigenvalue weighted by Gasteiger charge is -2.38. The van der Waals surface area contributed by atoms with E-state index in [1.807, 2.05) is 48.6 Å². The highest BCUT2D eigenvalue weighted by atomic mass is 32.1. The van der Waals surface area contributed by atoms with Crippen molar-refractivity contribution < 1.29 is 4.79 Å². The topological polar surface area (TPSA) is 49.3 Å². The van der Waals surface area contributed by atoms with Gasteiger partial charge in [0.05, 0.1) is 17.1 Å². The SMILES string of the molecule is Cc1nc(CC(=O)N(C)[C@@H]2CCCN(c3ccccn3)C2)cs1. The summed E-state index contributed by atoms with van der Waals surface area (Å²) in [6, 6.07) is 6.20. The number of carbonyl (C=O) groups is 1. The molecule has 1 aliphatic heterocycles. The van der Waals surface area contributed by atoms with E-state index in [2.05, 4.69) is 14.9 Å². The van der Waals surface area contributed by atoms with Crippen LogP contribution in [0.15, 0.2) is 29.8 Å². The van der Waals surface area contributed by atoms with Crippen LogP contribution in [-0.4, -0.2) is 47.0 Å². The molecule has 6 heteroatoms. The molecule has 5 nitrogen and oxygen atoms in total. The average Bonchev–Trinajstić information content (AvgIpc) is 3.00. The largest absolute Gasteiger partial charge is 0.355 e. The van der Waals surface area contributed by atoms with E-state index in [0.717, 1.165) is 42.5 Å². The van der Waals surface area contributed by atoms with Crippen LogP contribution in [-0.2, 0) is 11.2 Å². The zero-order chi connectivity index (χ0) is 16.2. The van der Waals surface area contributed by atoms with Crippen LogP contribution in [0.25, 0.3) is 0 Å². The molecule has 0 bridgehead atoms. The van der Waals surface area contributed by atoms with Crippen LogP contribution in [0.5, 0.6) is 0 Å². The Bertz CT molecular complexity index is 658. The van der Waals surface area contributed by atoms with Crippen molar-refractivity contribution in [2.45, 2.75) is 32.2 Å². The summed E-state index contributed by atoms with van der Waals surface area (Å²) < 4.78 is 0. The van der Waals surface area contributed by atoms with Crippen molar-refractivity contribution in [1.29, 1.82) is 0 Å². The quantitative estimate of drug-likeness (QED) is 0.864. The van der Waals surface area contributed by atoms with E-state index >= 15 is 0 Å². The zero-order valence-electron chi connectivity index (χ0n) is 13.6. The third kappa shape index (κ3) is 3.88. The van der Waals surface area contributed by atoms with Crippen LogP contribution in [0.4, 0.5) is 5.82 Å². The molecule has 122 valence electrons. The minimum Gasteiger partial charge on any atom is -0.355 e. The highest BCUT2D eigenvalue weighted by Gasteiger charge is 2.26. The summed E-state index contributed by atoms with van der Waals surface area (Å²) in [5, 5.41) is 2.98. The number of aromatic nitrogens is 2. The number of aryl methyl sites for hydroxylation is 1. The molecule has 1 aliphatic rings. The Labute approximate surface area is 141 Å². The molecule has 0 unspecified atom stereocenters. The highest BCUT2D eigenvalue weighted by Crippen LogP contribution is 2.20. The van der Waals surface area contributed by atoms with Gasteiger partial charge in [0.25, 0.3) is 0 Å². The van der Waals surface area contributed by atoms with Gasteiger partial charge < -0.3 is 9.80 Å². The summed E-state index contributed by atoms with van der Waals surface area (Å²) in [6.45, 7) is 3.81. The van der Waals surface area contributed by atoms with Gasteiger partial charge in [-0.3, -0.25) is 4.79 Å². The Kier molecular flexibility index (Phi) is 4.91. The second-order valence-electron chi connectivity index (χ2n) is 5.97. The second kappa shape index (κ2) is 7.08. The maximum absolute atomic E-state index is 12.5. The van der Waals surface area contributed by atoms with Gasteiger partial charge in [-0.2, -0.15) is 0 Å². The molecule has 1 atom stereocenters. The maximum atomic E-state index is 12.5. The molecule has 0 aliphatic carbocycles. The zero-order valence-corrected chi connectivity index (χ0v) is 14.4. The van der Waals surface area contributed by atoms with Crippen LogP contribution < -0.4 is 4.90 Å². The van der Waals surface area contributed by atoms with Gasteiger partial charge in [0.2, 0.25) is 5.91 Å². The van der Waals surface area contributed by atoms with Crippen LogP contribution in [0.1, 0.15) is 23.5 Å². The maximum Gasteiger partial charge on any atom is 0.228 e. The number of thiazole rings is 1. The first-order valence-electron chi connectivity index (χ1n) is 7.96. The van der Waals surface area contributed by atoms with Gasteiger partial charge in [-0.05, 0) is 31.9 Å². The molecule has 0 N–H and O–H groups in total. The number of nitrogens with zero attached hydrogens (tertiary/aromatic N) is 4. The number of piperidine rings is 1. The Morgan fingerprint density at radius 3 is 3.04 bits per heavy atom. The number of hydrogen-bond donors (Lipinski definition) is 0. The second-order valence-corrected chi connectivity index (χ2v) is 7.03. The summed E-state index contributed by atoms with van der Waals surface area (Å²) in [4.78, 5) is 25.5. The van der Waals surface area contributed by atoms with Crippen molar-refractivity contribution in [3.8, 4) is 0 Å². The van der Waals surface area contributed by atoms with Crippen molar-refractivity contribution in [3.63, 3.8) is 0 Å². The van der Waals surface area contributed by atoms with E-state index < -0.39 is 0 Å². The number of hydrogen-bond acceptors (Lipinski definition) is 5. The molecule has 0 aromatic carbocycles. The van der Waals surface area contributed by atoms with E-state index in [4.69, 9.17) is 0 Å². The van der Waals surface area contributed by atoms with Crippen molar-refractivity contribution in [2.24, 2.45) is 0 Å². The monoisotopic (exact) mass is 330 g/mol. The summed E-state index contributed by atoms with van der Waals surface area (Å²) in [5.74, 6) is 1.14. The molecule has 1 saturated heterocycles. The van der Waals surface area contributed by atoms with E-state index in [1.165, 1.54) is 0 Å². The first-order chi connectivity index (χ1) is 11.1. The Hall–Kier alpha value is -1.95. The number of likely N-dealkylation sites (N-methyl/N-ethyl adjacent to an activating group) is 1. The number of carbonyl (C=O) groups excluding carboxylic acids is 1. The molecule has 23 heavy (non-hydrogen) atoms. The van der Waals surface area contributed by atoms with Gasteiger partial charge in [0, 0.05) is 37.8 Å². The van der Waals surface area contributed by atoms with Gasteiger partial charge >= 0.3 is 0 Å². The lowest BCUT2D eigenvalue weighted by molar-refractivity contribution is -0.131. The van der Waals surface area contributed by atoms with Crippen molar-refractivity contribution in [3.05, 3.63) is 40.5 Å². The molecule has 0 saturated carbocycles. The van der Waals surface area contributed by atoms with Gasteiger partial charge in [-0.25, -0.2) is 9.97 Å². The van der Waals surface area contributed by atoms with Crippen LogP contribution in [0.2, 0.25) is 0 Å². The summed E-state index contributed by atoms with van der Waals surface area (Å²) in [5.41, 5.74) is 0.877. The molecular formula is C17H22N4OS. The van der Waals surface area contributed by atoms with Gasteiger partial charge in [0.15, 0.2) is 0 Å². The van der Waals surface area contributed by atoms with E-state index in [-0.39, 0.29) is 11.9 Å². The first-order valence-corrected chi connectivity index (χ1v) is 8.84. The van der Waals surface area contributed by atoms with Gasteiger partial charge in [0.1, 0.15) is 5.82 Å². The Morgan fingerprint density at radius 2 is 2.35 bits per heavy atom. The number of anilines is 1. The lowest BCUT2D eigenvalue weighted by Crippen LogP contribution is -2.49. The number of pyridine rings is 1. The molecule has 0 radical (unpaired) electrons. The fourth-order valence-electron chi connectivity index (χ4n) is 2.99. The fourth-order valence-corrected chi connectivity index (χ4v) is 3.61. The molecule has 2 aromatic heterocycles. The molecular weight excluding hydrogens is 308 g/mol. The van der Waals surface area contributed by atoms with E-state index in [0.29, 0.717) is 6.42 Å². The molecule has 2 aromatic rings. The van der Waals surface area contributed by atoms with Crippen LogP contribution in [0, 0.1) is 6.92 Å². The Morgan fingerprint density at radius 1 is 1.48 bits per heavy atom. The minimum absolute atomic E-state index is 0.142. The predicted molar refractivity (Wildman–Crippen MR) is 92.8 cm³/mol. The predicted octanol–water partition coefficient (Wildman–Crippen LogP) is 2.52. The molecule has 1 amide bonds. The van der Waals surface area contributed by atoms with Gasteiger partial charge in [-0.15, -0.1) is 11.3 Å². The number of amides is 1. The van der Waals surface area contributed by atoms with Gasteiger partial charge in [-0.1, -0.05) is 6.07 Å². The normalized spacial score (nSPS) is 18.0. The molecule has 3 rings (SSSR count). The van der Waals surface area contributed by atoms with Crippen molar-refractivity contribution in [1.82, 2.24) is 14.9 Å². The smallest absolute Gasteiger partial charge is 0.228 e. The average molecular weight is 330 g/mol. The summed E-state index contributed by atoms with van der Waals surface area (Å²) >= 11 is 1.59. The fraction of sp³-hybridized carbons (Fsp3) is 0.471. The van der Waals surface area contributed by atoms with Crippen molar-refractivity contribution in [2.75, 3.05) is 25.0 Å². The van der Waals surface area contributed by atoms with Crippen LogP contribution >= 0.6 is 11.3 Å². The lowest BCUT2D eigenvalue weighted by atomic mass is 10.0. The molecule has 0 spiro atoms. The standard InChI is InChI=1S/C17H22N4OS/c1-13-19-14(12-23-13)10-17(22)20(2)15-6-5-9-21(11-15)16-7-3-4-8-18-16/h3-4,7-8,12,15H,5-6,9-11H2,1-2H3/t15-/m1/s1. The minimum atomic E-state index is 0.142. The number of rotatable bonds is 4. The van der Waals surface area contributed by atoms with E-state index in [1.54, 1.807) is 11.3 Å². The highest BCUT2D eigenvalue weighted by molar-refractivity contribution is 7.09. The first kappa shape index (κ1) is 15.9. The third-order valence-corrected chi connectivity index (χ3v) is 5.13. The van der Waals surface area contributed by atoms with E-state index in [9.17, 15) is 4.79 Å².